The molecule has 141 heavy (non-hydrogen) atoms. The van der Waals surface area contributed by atoms with E-state index in [0.29, 0.717) is 165 Å². The zero-order valence-corrected chi connectivity index (χ0v) is 77.2. The Balaban J connectivity index is 0.000000131. The Morgan fingerprint density at radius 1 is 0.291 bits per heavy atom. The third-order valence-corrected chi connectivity index (χ3v) is 25.4. The Labute approximate surface area is 813 Å². The molecule has 0 aliphatic carbocycles. The smallest absolute Gasteiger partial charge is 0.373 e. The number of hydrogen-bond donors (Lipinski definition) is 1. The maximum atomic E-state index is 13.8. The van der Waals surface area contributed by atoms with E-state index in [1.807, 2.05) is 129 Å². The Bertz CT molecular complexity index is 8410. The molecule has 690 valence electrons. The molecule has 0 unspecified atom stereocenters. The first kappa shape index (κ1) is 93.7. The summed E-state index contributed by atoms with van der Waals surface area (Å²) < 4.78 is 27.0. The van der Waals surface area contributed by atoms with Crippen molar-refractivity contribution < 1.29 is 86.0 Å². The zero-order chi connectivity index (χ0) is 98.7. The number of esters is 5. The molecule has 0 radical (unpaired) electrons. The third kappa shape index (κ3) is 17.5. The largest absolute Gasteiger partial charge is 0.465 e. The van der Waals surface area contributed by atoms with Crippen LogP contribution in [0, 0.1) is 13.8 Å². The number of fused-ring (bicyclic) bond motifs is 6. The summed E-state index contributed by atoms with van der Waals surface area (Å²) in [7, 11) is 2.61. The summed E-state index contributed by atoms with van der Waals surface area (Å²) in [5.74, 6) is -3.21. The number of carbonyl (C=O) groups is 9. The molecule has 8 heterocycles. The molecule has 4 amide bonds. The molecule has 27 nitrogen and oxygen atoms in total. The number of benzene rings is 15. The predicted molar refractivity (Wildman–Crippen MR) is 531 cm³/mol. The minimum Gasteiger partial charge on any atom is -0.465 e. The molecule has 0 spiro atoms. The summed E-state index contributed by atoms with van der Waals surface area (Å²) in [5.41, 5.74) is 17.1. The summed E-state index contributed by atoms with van der Waals surface area (Å²) in [6.45, 7) is 5.03. The van der Waals surface area contributed by atoms with Crippen LogP contribution in [0.4, 0.5) is 0 Å². The molecule has 0 atom stereocenters. The Kier molecular flexibility index (Phi) is 26.5. The van der Waals surface area contributed by atoms with Gasteiger partial charge in [0.1, 0.15) is 17.2 Å². The van der Waals surface area contributed by atoms with Crippen LogP contribution in [-0.2, 0) is 47.9 Å². The van der Waals surface area contributed by atoms with Gasteiger partial charge in [-0.1, -0.05) is 174 Å². The van der Waals surface area contributed by atoms with E-state index in [1.54, 1.807) is 140 Å². The van der Waals surface area contributed by atoms with Crippen LogP contribution in [0.3, 0.4) is 0 Å². The van der Waals surface area contributed by atoms with Crippen LogP contribution in [-0.4, -0.2) is 139 Å². The molecule has 2 aliphatic rings. The fraction of sp³-hybridized carbons (Fsp3) is 0.0901. The minimum absolute atomic E-state index is 0.0936. The van der Waals surface area contributed by atoms with E-state index in [2.05, 4.69) is 22.1 Å². The topological polar surface area (TPSA) is 378 Å². The Hall–Kier alpha value is -17.7. The van der Waals surface area contributed by atoms with Crippen LogP contribution in [0.15, 0.2) is 280 Å². The molecule has 0 bridgehead atoms. The van der Waals surface area contributed by atoms with Crippen molar-refractivity contribution in [1.29, 1.82) is 0 Å². The van der Waals surface area contributed by atoms with Crippen LogP contribution in [0.25, 0.3) is 130 Å². The minimum atomic E-state index is -0.681. The highest BCUT2D eigenvalue weighted by molar-refractivity contribution is 6.42. The number of nitrogens with zero attached hydrogens (tertiary/aromatic N) is 8. The molecule has 6 aromatic heterocycles. The second kappa shape index (κ2) is 39.9. The maximum absolute atomic E-state index is 13.8. The second-order valence-electron chi connectivity index (χ2n) is 32.6. The van der Waals surface area contributed by atoms with Crippen molar-refractivity contribution in [3.63, 3.8) is 0 Å². The molecule has 15 aromatic carbocycles. The van der Waals surface area contributed by atoms with Crippen molar-refractivity contribution in [2.24, 2.45) is 5.73 Å². The van der Waals surface area contributed by atoms with Gasteiger partial charge in [0.25, 0.3) is 23.6 Å². The van der Waals surface area contributed by atoms with Crippen LogP contribution in [0.2, 0.25) is 15.1 Å². The number of methoxy groups -OCH3 is 2. The molecule has 30 heteroatoms. The van der Waals surface area contributed by atoms with Crippen molar-refractivity contribution in [1.82, 2.24) is 39.7 Å². The van der Waals surface area contributed by atoms with Gasteiger partial charge in [-0.2, -0.15) is 19.2 Å². The molecule has 21 aromatic rings. The van der Waals surface area contributed by atoms with Gasteiger partial charge in [0, 0.05) is 173 Å². The first-order valence-electron chi connectivity index (χ1n) is 43.8. The van der Waals surface area contributed by atoms with Gasteiger partial charge in [0.2, 0.25) is 0 Å². The van der Waals surface area contributed by atoms with Crippen molar-refractivity contribution >= 4 is 231 Å². The number of rotatable bonds is 16. The Morgan fingerprint density at radius 2 is 0.582 bits per heavy atom. The van der Waals surface area contributed by atoms with E-state index in [0.717, 1.165) is 78.6 Å². The van der Waals surface area contributed by atoms with Crippen LogP contribution in [0.1, 0.15) is 121 Å². The van der Waals surface area contributed by atoms with Gasteiger partial charge >= 0.3 is 42.1 Å². The SMILES string of the molecule is COC(=O)c1cnc2c3ccc(C(=O)Oc4ccc(Cl)cc4)c4c(C)cnc(c5ccc(C(=O)Oc6ccc(Cl)cc6)c1c52)c43.COC(=O)c1cnc2c3ccc(C(=O)Oc4ccc(Cl)cc4)c4c(C)cnc(c5cccc1c52)c43.NCCc1ccccc1.O=C1c2ccc3c4ncc5c6c(ccc(c7ncc(c2c37)C(=O)N1CCc1ccccc1)c64)C(=O)N(CCc1ccccc1)C5=O.O=C=O.O=C=O. The summed E-state index contributed by atoms with van der Waals surface area (Å²) >= 11 is 17.9. The molecular weight excluding hydrogens is 1850 g/mol. The van der Waals surface area contributed by atoms with Crippen LogP contribution < -0.4 is 19.9 Å². The molecule has 23 rings (SSSR count). The van der Waals surface area contributed by atoms with Gasteiger partial charge in [0.15, 0.2) is 0 Å². The fourth-order valence-electron chi connectivity index (χ4n) is 18.4. The van der Waals surface area contributed by atoms with E-state index >= 15 is 0 Å². The summed E-state index contributed by atoms with van der Waals surface area (Å²) in [6, 6.07) is 72.6. The number of hydrogen-bond acceptors (Lipinski definition) is 25. The van der Waals surface area contributed by atoms with Gasteiger partial charge in [-0.25, -0.2) is 24.0 Å². The lowest BCUT2D eigenvalue weighted by atomic mass is 9.86. The average Bonchev–Trinajstić information content (AvgIpc) is 0.692. The van der Waals surface area contributed by atoms with Gasteiger partial charge in [-0.15, -0.1) is 0 Å². The number of pyridine rings is 6. The van der Waals surface area contributed by atoms with Crippen LogP contribution in [0.5, 0.6) is 17.2 Å². The normalized spacial score (nSPS) is 11.9. The van der Waals surface area contributed by atoms with E-state index < -0.39 is 29.8 Å². The molecule has 2 N–H and O–H groups in total. The molecule has 0 saturated heterocycles. The van der Waals surface area contributed by atoms with Gasteiger partial charge < -0.3 is 29.4 Å². The van der Waals surface area contributed by atoms with Crippen molar-refractivity contribution in [2.45, 2.75) is 33.1 Å². The lowest BCUT2D eigenvalue weighted by Crippen LogP contribution is -2.41. The quantitative estimate of drug-likeness (QED) is 0.0309. The highest BCUT2D eigenvalue weighted by Crippen LogP contribution is 2.48. The number of imide groups is 2. The number of ether oxygens (including phenoxy) is 5. The number of carbonyl (C=O) groups excluding carboxylic acids is 13. The number of aryl methyl sites for hydroxylation is 2. The van der Waals surface area contributed by atoms with Gasteiger partial charge in [-0.3, -0.25) is 58.9 Å². The van der Waals surface area contributed by atoms with Crippen molar-refractivity contribution in [3.05, 3.63) is 373 Å². The predicted octanol–water partition coefficient (Wildman–Crippen LogP) is 21.1. The molecule has 0 fully saturated rings. The van der Waals surface area contributed by atoms with E-state index in [9.17, 15) is 43.2 Å². The lowest BCUT2D eigenvalue weighted by Gasteiger charge is -2.29. The van der Waals surface area contributed by atoms with Gasteiger partial charge in [-0.05, 0) is 171 Å². The number of amides is 4. The molecule has 0 saturated carbocycles. The van der Waals surface area contributed by atoms with Gasteiger partial charge in [0.05, 0.1) is 86.3 Å². The maximum Gasteiger partial charge on any atom is 0.373 e. The number of nitrogens with two attached hydrogens (primary N) is 1. The molecule has 2 aliphatic heterocycles. The highest BCUT2D eigenvalue weighted by atomic mass is 35.5. The highest BCUT2D eigenvalue weighted by Gasteiger charge is 2.39. The molecular formula is C111H72Cl3N9O18. The standard InChI is InChI=1S/C38H24N4O4.C35H20Cl2N2O6.C28H17ClN2O4.C8H11N.2CO2/c43-35-25-13-11-23-31-29(25)27(37(45)41(35)17-15-21-7-3-1-4-8-21)19-39-33(31)24-12-14-26-30-28(20-40-34(23)32(24)30)38(46)42(36(26)44)18-16-22-9-5-2-6-10-22;1-17-15-38-31-23-12-14-25(35(42)45-21-9-5-19(37)6-10-21)28-26(33(40)43-2)16-39-32(30(23)28)22-11-13-24(27(17)29(22)31)34(41)44-20-7-3-18(36)4-8-20;1-14-12-30-26-18-5-3-4-17-21(27(32)34-2)13-31-25(23(17)18)19-10-11-20(22(14)24(19)26)28(33)35-16-8-6-15(29)7-9-16;9-7-6-8-4-2-1-3-5-8;2*2-1-3/h1-14,19-20H,15-18H2;3-16H,1-2H3;3-13H,1-2H3;1-5H,6-7,9H2;;. The first-order valence-corrected chi connectivity index (χ1v) is 44.9. The number of halogens is 3. The number of aromatic nitrogens is 6. The fourth-order valence-corrected chi connectivity index (χ4v) is 18.8. The monoisotopic (exact) mass is 1920 g/mol. The second-order valence-corrected chi connectivity index (χ2v) is 34.0. The third-order valence-electron chi connectivity index (χ3n) is 24.6. The summed E-state index contributed by atoms with van der Waals surface area (Å²) in [6.07, 6.45) is 12.0. The zero-order valence-electron chi connectivity index (χ0n) is 74.9. The van der Waals surface area contributed by atoms with E-state index in [4.69, 9.17) is 103 Å². The first-order chi connectivity index (χ1) is 68.5. The van der Waals surface area contributed by atoms with Crippen molar-refractivity contribution in [3.8, 4) is 17.2 Å². The van der Waals surface area contributed by atoms with Crippen LogP contribution >= 0.6 is 34.8 Å². The van der Waals surface area contributed by atoms with E-state index in [-0.39, 0.29) is 65.9 Å². The van der Waals surface area contributed by atoms with Crippen molar-refractivity contribution in [2.75, 3.05) is 33.9 Å². The van der Waals surface area contributed by atoms with E-state index in [1.165, 1.54) is 42.0 Å². The summed E-state index contributed by atoms with van der Waals surface area (Å²) in [4.78, 5) is 184. The average molecular weight is 1930 g/mol. The lowest BCUT2D eigenvalue weighted by molar-refractivity contribution is -0.193. The summed E-state index contributed by atoms with van der Waals surface area (Å²) in [5, 5.41) is 13.8. The Morgan fingerprint density at radius 3 is 0.950 bits per heavy atom.